The normalized spacial score (nSPS) is 11.9. The van der Waals surface area contributed by atoms with E-state index in [1.807, 2.05) is 39.0 Å². The van der Waals surface area contributed by atoms with Crippen LogP contribution in [0.1, 0.15) is 30.0 Å². The largest absolute Gasteiger partial charge is 0.480 e. The molecule has 0 bridgehead atoms. The maximum absolute atomic E-state index is 12.4. The van der Waals surface area contributed by atoms with Gasteiger partial charge in [-0.1, -0.05) is 48.3 Å². The zero-order valence-electron chi connectivity index (χ0n) is 14.0. The number of ether oxygens (including phenoxy) is 1. The molecule has 0 saturated heterocycles. The first-order valence-electron chi connectivity index (χ1n) is 7.86. The van der Waals surface area contributed by atoms with Crippen molar-refractivity contribution in [2.24, 2.45) is 0 Å². The number of nitrogens with one attached hydrogen (secondary N) is 1. The van der Waals surface area contributed by atoms with Gasteiger partial charge in [0.15, 0.2) is 6.10 Å². The summed E-state index contributed by atoms with van der Waals surface area (Å²) in [5.41, 5.74) is 2.92. The average molecular weight is 366 g/mol. The summed E-state index contributed by atoms with van der Waals surface area (Å²) in [5.74, 6) is 0.575. The van der Waals surface area contributed by atoms with Gasteiger partial charge in [-0.25, -0.2) is 0 Å². The molecule has 0 aromatic heterocycles. The number of benzene rings is 2. The van der Waals surface area contributed by atoms with E-state index in [0.717, 1.165) is 22.4 Å². The molecule has 3 nitrogen and oxygen atoms in total. The summed E-state index contributed by atoms with van der Waals surface area (Å²) < 4.78 is 5.91. The molecule has 128 valence electrons. The molecular weight excluding hydrogens is 345 g/mol. The van der Waals surface area contributed by atoms with Gasteiger partial charge in [0.1, 0.15) is 5.75 Å². The van der Waals surface area contributed by atoms with Crippen LogP contribution in [0.4, 0.5) is 0 Å². The molecule has 1 N–H and O–H groups in total. The molecule has 0 spiro atoms. The Morgan fingerprint density at radius 1 is 1.17 bits per heavy atom. The van der Waals surface area contributed by atoms with Gasteiger partial charge in [-0.05, 0) is 55.2 Å². The average Bonchev–Trinajstić information content (AvgIpc) is 2.54. The van der Waals surface area contributed by atoms with E-state index in [1.165, 1.54) is 0 Å². The molecule has 2 aromatic rings. The number of aryl methyl sites for hydroxylation is 2. The summed E-state index contributed by atoms with van der Waals surface area (Å²) in [4.78, 5) is 12.4. The highest BCUT2D eigenvalue weighted by Gasteiger charge is 2.19. The summed E-state index contributed by atoms with van der Waals surface area (Å²) >= 11 is 12.0. The number of hydrogen-bond donors (Lipinski definition) is 1. The predicted octanol–water partition coefficient (Wildman–Crippen LogP) is 5.08. The zero-order chi connectivity index (χ0) is 17.7. The third-order valence-electron chi connectivity index (χ3n) is 3.74. The lowest BCUT2D eigenvalue weighted by Gasteiger charge is -2.19. The quantitative estimate of drug-likeness (QED) is 0.774. The summed E-state index contributed by atoms with van der Waals surface area (Å²) in [5, 5.41) is 3.98. The molecule has 0 unspecified atom stereocenters. The van der Waals surface area contributed by atoms with E-state index in [-0.39, 0.29) is 5.91 Å². The molecule has 0 heterocycles. The lowest BCUT2D eigenvalue weighted by molar-refractivity contribution is -0.128. The van der Waals surface area contributed by atoms with Crippen molar-refractivity contribution in [2.45, 2.75) is 39.8 Å². The van der Waals surface area contributed by atoms with E-state index >= 15 is 0 Å². The Balaban J connectivity index is 2.02. The first-order valence-corrected chi connectivity index (χ1v) is 8.62. The number of carbonyl (C=O) groups is 1. The Kier molecular flexibility index (Phi) is 6.52. The minimum Gasteiger partial charge on any atom is -0.480 e. The number of rotatable bonds is 6. The third-order valence-corrected chi connectivity index (χ3v) is 4.33. The Morgan fingerprint density at radius 2 is 1.92 bits per heavy atom. The molecule has 0 aliphatic carbocycles. The van der Waals surface area contributed by atoms with Gasteiger partial charge in [-0.3, -0.25) is 4.79 Å². The molecule has 24 heavy (non-hydrogen) atoms. The highest BCUT2D eigenvalue weighted by molar-refractivity contribution is 6.35. The highest BCUT2D eigenvalue weighted by atomic mass is 35.5. The number of amides is 1. The third kappa shape index (κ3) is 4.89. The van der Waals surface area contributed by atoms with Gasteiger partial charge in [0.2, 0.25) is 0 Å². The molecule has 0 radical (unpaired) electrons. The van der Waals surface area contributed by atoms with Crippen molar-refractivity contribution in [1.82, 2.24) is 5.32 Å². The summed E-state index contributed by atoms with van der Waals surface area (Å²) in [6.45, 7) is 6.22. The van der Waals surface area contributed by atoms with E-state index in [2.05, 4.69) is 5.32 Å². The van der Waals surface area contributed by atoms with Crippen LogP contribution in [-0.2, 0) is 11.3 Å². The first-order chi connectivity index (χ1) is 11.4. The van der Waals surface area contributed by atoms with Crippen molar-refractivity contribution in [3.8, 4) is 5.75 Å². The lowest BCUT2D eigenvalue weighted by atomic mass is 10.1. The predicted molar refractivity (Wildman–Crippen MR) is 98.9 cm³/mol. The second kappa shape index (κ2) is 8.41. The molecule has 5 heteroatoms. The second-order valence-electron chi connectivity index (χ2n) is 5.74. The summed E-state index contributed by atoms with van der Waals surface area (Å²) in [7, 11) is 0. The van der Waals surface area contributed by atoms with Crippen LogP contribution in [0, 0.1) is 13.8 Å². The molecular formula is C19H21Cl2NO2. The van der Waals surface area contributed by atoms with Crippen LogP contribution >= 0.6 is 23.2 Å². The van der Waals surface area contributed by atoms with Crippen molar-refractivity contribution in [1.29, 1.82) is 0 Å². The molecule has 0 aliphatic heterocycles. The topological polar surface area (TPSA) is 38.3 Å². The van der Waals surface area contributed by atoms with Gasteiger partial charge in [-0.2, -0.15) is 0 Å². The van der Waals surface area contributed by atoms with Gasteiger partial charge >= 0.3 is 0 Å². The van der Waals surface area contributed by atoms with E-state index in [1.54, 1.807) is 18.2 Å². The Bertz CT molecular complexity index is 731. The maximum atomic E-state index is 12.4. The van der Waals surface area contributed by atoms with Gasteiger partial charge < -0.3 is 10.1 Å². The van der Waals surface area contributed by atoms with Crippen LogP contribution in [0.5, 0.6) is 5.75 Å². The Morgan fingerprint density at radius 3 is 2.58 bits per heavy atom. The van der Waals surface area contributed by atoms with E-state index in [9.17, 15) is 4.79 Å². The fourth-order valence-corrected chi connectivity index (χ4v) is 2.75. The van der Waals surface area contributed by atoms with Gasteiger partial charge in [0.25, 0.3) is 5.91 Å². The van der Waals surface area contributed by atoms with Crippen LogP contribution < -0.4 is 10.1 Å². The summed E-state index contributed by atoms with van der Waals surface area (Å²) in [6, 6.07) is 11.2. The van der Waals surface area contributed by atoms with E-state index < -0.39 is 6.10 Å². The van der Waals surface area contributed by atoms with Crippen molar-refractivity contribution in [3.63, 3.8) is 0 Å². The lowest BCUT2D eigenvalue weighted by Crippen LogP contribution is -2.37. The Labute approximate surface area is 152 Å². The van der Waals surface area contributed by atoms with Crippen molar-refractivity contribution >= 4 is 29.1 Å². The van der Waals surface area contributed by atoms with Gasteiger partial charge in [0, 0.05) is 16.6 Å². The molecule has 2 rings (SSSR count). The fraction of sp³-hybridized carbons (Fsp3) is 0.316. The van der Waals surface area contributed by atoms with Crippen LogP contribution in [0.15, 0.2) is 36.4 Å². The smallest absolute Gasteiger partial charge is 0.261 e. The molecule has 0 fully saturated rings. The minimum absolute atomic E-state index is 0.163. The van der Waals surface area contributed by atoms with Crippen molar-refractivity contribution < 1.29 is 9.53 Å². The number of halogens is 2. The molecule has 0 saturated carbocycles. The highest BCUT2D eigenvalue weighted by Crippen LogP contribution is 2.22. The van der Waals surface area contributed by atoms with E-state index in [0.29, 0.717) is 23.0 Å². The SMILES string of the molecule is CC[C@@H](Oc1cc(C)ccc1C)C(=O)NCc1ccc(Cl)cc1Cl. The number of carbonyl (C=O) groups excluding carboxylic acids is 1. The Hall–Kier alpha value is -1.71. The minimum atomic E-state index is -0.545. The zero-order valence-corrected chi connectivity index (χ0v) is 15.5. The van der Waals surface area contributed by atoms with Crippen LogP contribution in [0.25, 0.3) is 0 Å². The monoisotopic (exact) mass is 365 g/mol. The van der Waals surface area contributed by atoms with Crippen molar-refractivity contribution in [3.05, 3.63) is 63.1 Å². The van der Waals surface area contributed by atoms with E-state index in [4.69, 9.17) is 27.9 Å². The summed E-state index contributed by atoms with van der Waals surface area (Å²) in [6.07, 6.45) is 0.0321. The fourth-order valence-electron chi connectivity index (χ4n) is 2.27. The standard InChI is InChI=1S/C19H21Cl2NO2/c1-4-17(24-18-9-12(2)5-6-13(18)3)19(23)22-11-14-7-8-15(20)10-16(14)21/h5-10,17H,4,11H2,1-3H3,(H,22,23)/t17-/m1/s1. The first kappa shape index (κ1) is 18.6. The van der Waals surface area contributed by atoms with Crippen molar-refractivity contribution in [2.75, 3.05) is 0 Å². The number of hydrogen-bond acceptors (Lipinski definition) is 2. The van der Waals surface area contributed by atoms with Gasteiger partial charge in [-0.15, -0.1) is 0 Å². The van der Waals surface area contributed by atoms with Crippen LogP contribution in [-0.4, -0.2) is 12.0 Å². The molecule has 2 aromatic carbocycles. The second-order valence-corrected chi connectivity index (χ2v) is 6.58. The molecule has 1 amide bonds. The maximum Gasteiger partial charge on any atom is 0.261 e. The molecule has 0 aliphatic rings. The van der Waals surface area contributed by atoms with Crippen LogP contribution in [0.3, 0.4) is 0 Å². The molecule has 1 atom stereocenters. The van der Waals surface area contributed by atoms with Gasteiger partial charge in [0.05, 0.1) is 0 Å². The van der Waals surface area contributed by atoms with Crippen LogP contribution in [0.2, 0.25) is 10.0 Å².